The molecule has 1 aliphatic rings. The van der Waals surface area contributed by atoms with Gasteiger partial charge in [-0.05, 0) is 43.9 Å². The number of halogens is 1. The molecule has 5 heteroatoms. The number of carbonyl (C=O) groups excluding carboxylic acids is 1. The Kier molecular flexibility index (Phi) is 6.41. The number of nitrogens with two attached hydrogens (primary N) is 1. The van der Waals surface area contributed by atoms with Gasteiger partial charge in [0.25, 0.3) is 0 Å². The number of benzene rings is 1. The fraction of sp³-hybridized carbons (Fsp3) is 0.588. The molecule has 2 rings (SSSR count). The third-order valence-electron chi connectivity index (χ3n) is 4.44. The molecule has 1 saturated heterocycles. The lowest BCUT2D eigenvalue weighted by molar-refractivity contribution is -0.132. The second-order valence-corrected chi connectivity index (χ2v) is 7.19. The van der Waals surface area contributed by atoms with Gasteiger partial charge in [-0.3, -0.25) is 9.69 Å². The average molecular weight is 368 g/mol. The first kappa shape index (κ1) is 17.4. The van der Waals surface area contributed by atoms with Crippen LogP contribution in [-0.2, 0) is 11.3 Å². The zero-order chi connectivity index (χ0) is 16.1. The first-order valence-corrected chi connectivity index (χ1v) is 8.72. The van der Waals surface area contributed by atoms with Crippen LogP contribution in [0.15, 0.2) is 28.7 Å². The lowest BCUT2D eigenvalue weighted by Crippen LogP contribution is -2.46. The summed E-state index contributed by atoms with van der Waals surface area (Å²) in [4.78, 5) is 16.5. The van der Waals surface area contributed by atoms with E-state index < -0.39 is 0 Å². The Balaban J connectivity index is 1.87. The number of nitrogens with zero attached hydrogens (tertiary/aromatic N) is 2. The number of carbonyl (C=O) groups is 1. The molecule has 4 nitrogen and oxygen atoms in total. The summed E-state index contributed by atoms with van der Waals surface area (Å²) in [5, 5.41) is 0. The Morgan fingerprint density at radius 2 is 2.23 bits per heavy atom. The number of piperidine rings is 1. The van der Waals surface area contributed by atoms with Crippen LogP contribution in [0, 0.1) is 5.92 Å². The monoisotopic (exact) mass is 367 g/mol. The summed E-state index contributed by atoms with van der Waals surface area (Å²) >= 11 is 3.53. The van der Waals surface area contributed by atoms with Crippen LogP contribution in [0.25, 0.3) is 0 Å². The number of rotatable bonds is 5. The van der Waals surface area contributed by atoms with Gasteiger partial charge in [-0.15, -0.1) is 0 Å². The highest BCUT2D eigenvalue weighted by Gasteiger charge is 2.24. The molecular formula is C17H26BrN3O. The fourth-order valence-electron chi connectivity index (χ4n) is 2.95. The summed E-state index contributed by atoms with van der Waals surface area (Å²) in [5.41, 5.74) is 7.14. The highest BCUT2D eigenvalue weighted by atomic mass is 79.9. The second-order valence-electron chi connectivity index (χ2n) is 6.34. The van der Waals surface area contributed by atoms with Crippen molar-refractivity contribution < 1.29 is 4.79 Å². The van der Waals surface area contributed by atoms with Crippen molar-refractivity contribution in [3.05, 3.63) is 34.3 Å². The van der Waals surface area contributed by atoms with Gasteiger partial charge in [-0.1, -0.05) is 34.1 Å². The molecule has 1 aromatic rings. The van der Waals surface area contributed by atoms with E-state index in [1.54, 1.807) is 4.90 Å². The molecule has 2 atom stereocenters. The van der Waals surface area contributed by atoms with Gasteiger partial charge in [-0.2, -0.15) is 0 Å². The molecule has 0 aliphatic carbocycles. The largest absolute Gasteiger partial charge is 0.340 e. The quantitative estimate of drug-likeness (QED) is 0.869. The Bertz CT molecular complexity index is 506. The van der Waals surface area contributed by atoms with Crippen LogP contribution in [0.5, 0.6) is 0 Å². The van der Waals surface area contributed by atoms with Crippen LogP contribution in [0.1, 0.15) is 25.3 Å². The van der Waals surface area contributed by atoms with Gasteiger partial charge in [0.15, 0.2) is 0 Å². The summed E-state index contributed by atoms with van der Waals surface area (Å²) in [5.74, 6) is 0.677. The van der Waals surface area contributed by atoms with E-state index in [1.165, 1.54) is 6.42 Å². The standard InChI is InChI=1S/C17H26BrN3O/c1-13(19)14-7-5-9-21(11-14)12-17(22)20(2)10-15-6-3-4-8-16(15)18/h3-4,6,8,13-14H,5,7,9-12,19H2,1-2H3. The molecule has 1 amide bonds. The maximum Gasteiger partial charge on any atom is 0.236 e. The molecule has 1 fully saturated rings. The van der Waals surface area contributed by atoms with Crippen molar-refractivity contribution in [3.8, 4) is 0 Å². The topological polar surface area (TPSA) is 49.6 Å². The smallest absolute Gasteiger partial charge is 0.236 e. The highest BCUT2D eigenvalue weighted by molar-refractivity contribution is 9.10. The molecule has 1 aliphatic heterocycles. The van der Waals surface area contributed by atoms with Crippen LogP contribution in [0.3, 0.4) is 0 Å². The highest BCUT2D eigenvalue weighted by Crippen LogP contribution is 2.20. The Hall–Kier alpha value is -0.910. The third-order valence-corrected chi connectivity index (χ3v) is 5.21. The SMILES string of the molecule is CC(N)C1CCCN(CC(=O)N(C)Cc2ccccc2Br)C1. The average Bonchev–Trinajstić information content (AvgIpc) is 2.49. The predicted molar refractivity (Wildman–Crippen MR) is 93.4 cm³/mol. The minimum atomic E-state index is 0.168. The van der Waals surface area contributed by atoms with E-state index in [2.05, 4.69) is 27.8 Å². The van der Waals surface area contributed by atoms with Gasteiger partial charge in [0.05, 0.1) is 6.54 Å². The van der Waals surface area contributed by atoms with E-state index in [1.807, 2.05) is 31.3 Å². The van der Waals surface area contributed by atoms with E-state index in [-0.39, 0.29) is 11.9 Å². The Morgan fingerprint density at radius 1 is 1.50 bits per heavy atom. The Morgan fingerprint density at radius 3 is 2.91 bits per heavy atom. The normalized spacial score (nSPS) is 20.6. The van der Waals surface area contributed by atoms with Gasteiger partial charge in [0.2, 0.25) is 5.91 Å². The number of hydrogen-bond acceptors (Lipinski definition) is 3. The van der Waals surface area contributed by atoms with Crippen molar-refractivity contribution >= 4 is 21.8 Å². The van der Waals surface area contributed by atoms with E-state index in [0.29, 0.717) is 19.0 Å². The number of hydrogen-bond donors (Lipinski definition) is 1. The van der Waals surface area contributed by atoms with E-state index >= 15 is 0 Å². The molecule has 0 spiro atoms. The van der Waals surface area contributed by atoms with Crippen LogP contribution in [-0.4, -0.2) is 48.4 Å². The number of likely N-dealkylation sites (tertiary alicyclic amines) is 1. The van der Waals surface area contributed by atoms with Crippen molar-refractivity contribution in [1.29, 1.82) is 0 Å². The lowest BCUT2D eigenvalue weighted by atomic mass is 9.92. The van der Waals surface area contributed by atoms with Crippen molar-refractivity contribution in [2.45, 2.75) is 32.4 Å². The molecule has 22 heavy (non-hydrogen) atoms. The molecule has 0 bridgehead atoms. The van der Waals surface area contributed by atoms with Crippen LogP contribution in [0.2, 0.25) is 0 Å². The van der Waals surface area contributed by atoms with E-state index in [4.69, 9.17) is 5.73 Å². The van der Waals surface area contributed by atoms with Gasteiger partial charge in [0, 0.05) is 30.7 Å². The van der Waals surface area contributed by atoms with E-state index in [0.717, 1.165) is 29.5 Å². The zero-order valence-corrected chi connectivity index (χ0v) is 15.1. The minimum absolute atomic E-state index is 0.168. The summed E-state index contributed by atoms with van der Waals surface area (Å²) in [6.07, 6.45) is 2.31. The molecule has 0 saturated carbocycles. The summed E-state index contributed by atoms with van der Waals surface area (Å²) in [6.45, 7) is 5.12. The van der Waals surface area contributed by atoms with Gasteiger partial charge >= 0.3 is 0 Å². The molecule has 0 aromatic heterocycles. The van der Waals surface area contributed by atoms with Gasteiger partial charge in [0.1, 0.15) is 0 Å². The van der Waals surface area contributed by atoms with Crippen LogP contribution in [0.4, 0.5) is 0 Å². The number of likely N-dealkylation sites (N-methyl/N-ethyl adjacent to an activating group) is 1. The molecule has 122 valence electrons. The van der Waals surface area contributed by atoms with Gasteiger partial charge in [-0.25, -0.2) is 0 Å². The van der Waals surface area contributed by atoms with Crippen LogP contribution < -0.4 is 5.73 Å². The summed E-state index contributed by atoms with van der Waals surface area (Å²) in [7, 11) is 1.87. The molecule has 0 radical (unpaired) electrons. The minimum Gasteiger partial charge on any atom is -0.340 e. The molecule has 1 aromatic carbocycles. The first-order valence-electron chi connectivity index (χ1n) is 7.92. The van der Waals surface area contributed by atoms with Gasteiger partial charge < -0.3 is 10.6 Å². The maximum atomic E-state index is 12.4. The van der Waals surface area contributed by atoms with Crippen molar-refractivity contribution in [3.63, 3.8) is 0 Å². The number of amides is 1. The Labute approximate surface area is 141 Å². The van der Waals surface area contributed by atoms with E-state index in [9.17, 15) is 4.79 Å². The van der Waals surface area contributed by atoms with Crippen LogP contribution >= 0.6 is 15.9 Å². The van der Waals surface area contributed by atoms with Crippen molar-refractivity contribution in [1.82, 2.24) is 9.80 Å². The second kappa shape index (κ2) is 8.09. The van der Waals surface area contributed by atoms with Crippen molar-refractivity contribution in [2.75, 3.05) is 26.7 Å². The fourth-order valence-corrected chi connectivity index (χ4v) is 3.36. The lowest BCUT2D eigenvalue weighted by Gasteiger charge is -2.35. The summed E-state index contributed by atoms with van der Waals surface area (Å²) < 4.78 is 1.05. The molecular weight excluding hydrogens is 342 g/mol. The maximum absolute atomic E-state index is 12.4. The predicted octanol–water partition coefficient (Wildman–Crippen LogP) is 2.47. The molecule has 2 N–H and O–H groups in total. The summed E-state index contributed by atoms with van der Waals surface area (Å²) in [6, 6.07) is 8.23. The zero-order valence-electron chi connectivity index (χ0n) is 13.5. The third kappa shape index (κ3) is 4.80. The van der Waals surface area contributed by atoms with Crippen molar-refractivity contribution in [2.24, 2.45) is 11.7 Å². The first-order chi connectivity index (χ1) is 10.5. The molecule has 2 unspecified atom stereocenters. The molecule has 1 heterocycles.